The van der Waals surface area contributed by atoms with Gasteiger partial charge in [0.2, 0.25) is 5.76 Å². The van der Waals surface area contributed by atoms with Gasteiger partial charge in [-0.05, 0) is 25.5 Å². The molecule has 0 aliphatic rings. The van der Waals surface area contributed by atoms with Crippen molar-refractivity contribution in [2.24, 2.45) is 0 Å². The van der Waals surface area contributed by atoms with Crippen LogP contribution in [0.15, 0.2) is 33.4 Å². The lowest BCUT2D eigenvalue weighted by atomic mass is 9.99. The second-order valence-corrected chi connectivity index (χ2v) is 4.50. The van der Waals surface area contributed by atoms with Crippen LogP contribution in [-0.4, -0.2) is 21.8 Å². The quantitative estimate of drug-likeness (QED) is 0.832. The van der Waals surface area contributed by atoms with Crippen molar-refractivity contribution in [1.82, 2.24) is 10.5 Å². The molecule has 0 saturated heterocycles. The summed E-state index contributed by atoms with van der Waals surface area (Å²) in [5.41, 5.74) is -0.337. The minimum absolute atomic E-state index is 0.320. The second kappa shape index (κ2) is 5.27. The molecular weight excluding hydrogens is 248 g/mol. The van der Waals surface area contributed by atoms with Crippen molar-refractivity contribution in [2.45, 2.75) is 32.4 Å². The summed E-state index contributed by atoms with van der Waals surface area (Å²) in [6.07, 6.45) is 2.03. The summed E-state index contributed by atoms with van der Waals surface area (Å²) >= 11 is 0. The number of aromatic nitrogens is 1. The Morgan fingerprint density at radius 3 is 2.89 bits per heavy atom. The standard InChI is InChI=1S/C13H16N2O4/c1-3-13(2,12(16)17)14-8-9-7-11(19-15-9)10-5-4-6-18-10/h4-7,14H,3,8H2,1-2H3,(H,16,17). The Morgan fingerprint density at radius 2 is 2.32 bits per heavy atom. The monoisotopic (exact) mass is 264 g/mol. The van der Waals surface area contributed by atoms with Gasteiger partial charge in [0.05, 0.1) is 12.0 Å². The van der Waals surface area contributed by atoms with E-state index in [0.29, 0.717) is 30.2 Å². The Morgan fingerprint density at radius 1 is 1.53 bits per heavy atom. The van der Waals surface area contributed by atoms with Gasteiger partial charge < -0.3 is 14.0 Å². The minimum atomic E-state index is -0.968. The molecule has 0 amide bonds. The van der Waals surface area contributed by atoms with Gasteiger partial charge in [-0.1, -0.05) is 12.1 Å². The molecule has 2 heterocycles. The first-order chi connectivity index (χ1) is 9.05. The lowest BCUT2D eigenvalue weighted by Gasteiger charge is -2.23. The van der Waals surface area contributed by atoms with Crippen molar-refractivity contribution in [3.05, 3.63) is 30.2 Å². The number of carboxylic acids is 1. The van der Waals surface area contributed by atoms with Gasteiger partial charge in [0.25, 0.3) is 0 Å². The summed E-state index contributed by atoms with van der Waals surface area (Å²) in [4.78, 5) is 11.1. The van der Waals surface area contributed by atoms with Crippen molar-refractivity contribution in [3.63, 3.8) is 0 Å². The van der Waals surface area contributed by atoms with Crippen LogP contribution in [0.1, 0.15) is 26.0 Å². The number of nitrogens with zero attached hydrogens (tertiary/aromatic N) is 1. The molecule has 0 bridgehead atoms. The summed E-state index contributed by atoms with van der Waals surface area (Å²) in [6, 6.07) is 5.25. The van der Waals surface area contributed by atoms with Crippen LogP contribution in [0, 0.1) is 0 Å². The van der Waals surface area contributed by atoms with Crippen LogP contribution >= 0.6 is 0 Å². The maximum Gasteiger partial charge on any atom is 0.323 e. The van der Waals surface area contributed by atoms with Gasteiger partial charge in [-0.25, -0.2) is 0 Å². The van der Waals surface area contributed by atoms with Crippen LogP contribution in [-0.2, 0) is 11.3 Å². The maximum atomic E-state index is 11.1. The van der Waals surface area contributed by atoms with E-state index < -0.39 is 11.5 Å². The Bertz CT molecular complexity index is 547. The lowest BCUT2D eigenvalue weighted by Crippen LogP contribution is -2.48. The molecule has 0 aliphatic heterocycles. The largest absolute Gasteiger partial charge is 0.480 e. The van der Waals surface area contributed by atoms with Crippen LogP contribution in [0.4, 0.5) is 0 Å². The maximum absolute atomic E-state index is 11.1. The number of hydrogen-bond acceptors (Lipinski definition) is 5. The summed E-state index contributed by atoms with van der Waals surface area (Å²) < 4.78 is 10.3. The topological polar surface area (TPSA) is 88.5 Å². The van der Waals surface area contributed by atoms with Crippen molar-refractivity contribution in [3.8, 4) is 11.5 Å². The first kappa shape index (κ1) is 13.4. The molecule has 6 nitrogen and oxygen atoms in total. The highest BCUT2D eigenvalue weighted by atomic mass is 16.5. The molecule has 0 aliphatic carbocycles. The average Bonchev–Trinajstić information content (AvgIpc) is 3.05. The molecule has 2 aromatic heterocycles. The Balaban J connectivity index is 2.03. The van der Waals surface area contributed by atoms with E-state index in [4.69, 9.17) is 14.0 Å². The first-order valence-electron chi connectivity index (χ1n) is 6.03. The van der Waals surface area contributed by atoms with Gasteiger partial charge in [0.1, 0.15) is 5.54 Å². The average molecular weight is 264 g/mol. The van der Waals surface area contributed by atoms with Gasteiger partial charge in [-0.2, -0.15) is 0 Å². The molecule has 0 spiro atoms. The number of carbonyl (C=O) groups is 1. The molecular formula is C13H16N2O4. The van der Waals surface area contributed by atoms with Gasteiger partial charge in [-0.15, -0.1) is 0 Å². The van der Waals surface area contributed by atoms with Crippen molar-refractivity contribution in [2.75, 3.05) is 0 Å². The minimum Gasteiger partial charge on any atom is -0.480 e. The molecule has 0 saturated carbocycles. The SMILES string of the molecule is CCC(C)(NCc1cc(-c2ccco2)on1)C(=O)O. The zero-order valence-electron chi connectivity index (χ0n) is 10.8. The van der Waals surface area contributed by atoms with Gasteiger partial charge >= 0.3 is 5.97 Å². The van der Waals surface area contributed by atoms with E-state index in [1.165, 1.54) is 0 Å². The van der Waals surface area contributed by atoms with Crippen LogP contribution in [0.5, 0.6) is 0 Å². The molecule has 102 valence electrons. The Hall–Kier alpha value is -2.08. The fourth-order valence-corrected chi connectivity index (χ4v) is 1.57. The van der Waals surface area contributed by atoms with Gasteiger partial charge in [0.15, 0.2) is 5.76 Å². The van der Waals surface area contributed by atoms with E-state index in [1.54, 1.807) is 31.4 Å². The zero-order chi connectivity index (χ0) is 13.9. The predicted molar refractivity (Wildman–Crippen MR) is 67.4 cm³/mol. The molecule has 2 aromatic rings. The molecule has 0 aromatic carbocycles. The van der Waals surface area contributed by atoms with E-state index in [2.05, 4.69) is 10.5 Å². The van der Waals surface area contributed by atoms with Crippen LogP contribution in [0.25, 0.3) is 11.5 Å². The number of aliphatic carboxylic acids is 1. The summed E-state index contributed by atoms with van der Waals surface area (Å²) in [6.45, 7) is 3.78. The van der Waals surface area contributed by atoms with E-state index >= 15 is 0 Å². The van der Waals surface area contributed by atoms with Crippen LogP contribution in [0.3, 0.4) is 0 Å². The third-order valence-electron chi connectivity index (χ3n) is 3.16. The van der Waals surface area contributed by atoms with E-state index in [9.17, 15) is 4.79 Å². The summed E-state index contributed by atoms with van der Waals surface area (Å²) in [7, 11) is 0. The fraction of sp³-hybridized carbons (Fsp3) is 0.385. The number of carboxylic acid groups (broad SMARTS) is 1. The van der Waals surface area contributed by atoms with E-state index in [-0.39, 0.29) is 0 Å². The third-order valence-corrected chi connectivity index (χ3v) is 3.16. The normalized spacial score (nSPS) is 14.2. The van der Waals surface area contributed by atoms with E-state index in [1.807, 2.05) is 6.92 Å². The molecule has 1 unspecified atom stereocenters. The first-order valence-corrected chi connectivity index (χ1v) is 6.03. The smallest absolute Gasteiger partial charge is 0.323 e. The number of nitrogens with one attached hydrogen (secondary N) is 1. The second-order valence-electron chi connectivity index (χ2n) is 4.50. The van der Waals surface area contributed by atoms with E-state index in [0.717, 1.165) is 0 Å². The van der Waals surface area contributed by atoms with Crippen LogP contribution < -0.4 is 5.32 Å². The lowest BCUT2D eigenvalue weighted by molar-refractivity contribution is -0.144. The zero-order valence-corrected chi connectivity index (χ0v) is 10.8. The van der Waals surface area contributed by atoms with Gasteiger partial charge in [0, 0.05) is 12.6 Å². The number of hydrogen-bond donors (Lipinski definition) is 2. The number of furan rings is 1. The molecule has 0 fully saturated rings. The predicted octanol–water partition coefficient (Wildman–Crippen LogP) is 2.28. The third kappa shape index (κ3) is 2.85. The van der Waals surface area contributed by atoms with Crippen LogP contribution in [0.2, 0.25) is 0 Å². The highest BCUT2D eigenvalue weighted by Crippen LogP contribution is 2.21. The molecule has 0 radical (unpaired) electrons. The molecule has 2 N–H and O–H groups in total. The molecule has 2 rings (SSSR count). The highest BCUT2D eigenvalue weighted by molar-refractivity contribution is 5.78. The number of rotatable bonds is 6. The highest BCUT2D eigenvalue weighted by Gasteiger charge is 2.30. The van der Waals surface area contributed by atoms with Gasteiger partial charge in [-0.3, -0.25) is 10.1 Å². The van der Waals surface area contributed by atoms with Crippen molar-refractivity contribution in [1.29, 1.82) is 0 Å². The summed E-state index contributed by atoms with van der Waals surface area (Å²) in [5.74, 6) is 0.232. The van der Waals surface area contributed by atoms with Crippen molar-refractivity contribution >= 4 is 5.97 Å². The molecule has 19 heavy (non-hydrogen) atoms. The molecule has 6 heteroatoms. The Kier molecular flexibility index (Phi) is 3.71. The summed E-state index contributed by atoms with van der Waals surface area (Å²) in [5, 5.41) is 16.0. The fourth-order valence-electron chi connectivity index (χ4n) is 1.57. The van der Waals surface area contributed by atoms with Crippen molar-refractivity contribution < 1.29 is 18.8 Å². The molecule has 1 atom stereocenters. The Labute approximate surface area is 110 Å².